The monoisotopic (exact) mass is 441 g/mol. The Bertz CT molecular complexity index is 959. The van der Waals surface area contributed by atoms with Gasteiger partial charge in [0.1, 0.15) is 12.1 Å². The summed E-state index contributed by atoms with van der Waals surface area (Å²) in [5.74, 6) is -1.19. The average Bonchev–Trinajstić information content (AvgIpc) is 2.93. The van der Waals surface area contributed by atoms with Crippen LogP contribution in [0.25, 0.3) is 0 Å². The maximum Gasteiger partial charge on any atom is 0.326 e. The van der Waals surface area contributed by atoms with Crippen LogP contribution in [-0.4, -0.2) is 54.0 Å². The number of anilines is 1. The zero-order valence-corrected chi connectivity index (χ0v) is 19.0. The number of aryl methyl sites for hydroxylation is 1. The van der Waals surface area contributed by atoms with Gasteiger partial charge in [-0.3, -0.25) is 19.3 Å². The number of hydrogen-bond donors (Lipinski definition) is 1. The molecule has 1 spiro atoms. The van der Waals surface area contributed by atoms with Crippen molar-refractivity contribution in [3.63, 3.8) is 0 Å². The van der Waals surface area contributed by atoms with Crippen LogP contribution < -0.4 is 10.2 Å². The number of nitrogens with zero attached hydrogens (tertiary/aromatic N) is 2. The number of benzene rings is 1. The van der Waals surface area contributed by atoms with Crippen molar-refractivity contribution < 1.29 is 23.9 Å². The number of para-hydroxylation sites is 1. The van der Waals surface area contributed by atoms with Crippen molar-refractivity contribution in [3.8, 4) is 0 Å². The Balaban J connectivity index is 1.36. The van der Waals surface area contributed by atoms with Gasteiger partial charge in [0.25, 0.3) is 11.8 Å². The smallest absolute Gasteiger partial charge is 0.326 e. The van der Waals surface area contributed by atoms with Gasteiger partial charge < -0.3 is 15.0 Å². The normalized spacial score (nSPS) is 26.7. The minimum Gasteiger partial charge on any atom is -0.454 e. The zero-order valence-electron chi connectivity index (χ0n) is 19.0. The molecule has 2 aliphatic heterocycles. The lowest BCUT2D eigenvalue weighted by Gasteiger charge is -2.43. The van der Waals surface area contributed by atoms with Gasteiger partial charge in [0.15, 0.2) is 6.61 Å². The number of hydrogen-bond acceptors (Lipinski definition) is 5. The standard InChI is InChI=1S/C24H31N3O5/c1-16-11-23(2,3)15-24(12-16)21(30)27(22(31)25-24)13-20(29)32-14-19(28)26-10-6-8-17-7-4-5-9-18(17)26/h4-5,7,9,16H,6,8,10-15H2,1-3H3,(H,25,31)/t16-,24+/m1/s1. The molecule has 3 aliphatic rings. The molecule has 32 heavy (non-hydrogen) atoms. The van der Waals surface area contributed by atoms with Crippen LogP contribution >= 0.6 is 0 Å². The predicted octanol–water partition coefficient (Wildman–Crippen LogP) is 2.65. The summed E-state index contributed by atoms with van der Waals surface area (Å²) < 4.78 is 5.16. The second-order valence-corrected chi connectivity index (χ2v) is 10.2. The van der Waals surface area contributed by atoms with E-state index in [1.165, 1.54) is 0 Å². The topological polar surface area (TPSA) is 96.0 Å². The molecule has 0 unspecified atom stereocenters. The van der Waals surface area contributed by atoms with Crippen LogP contribution in [0.5, 0.6) is 0 Å². The summed E-state index contributed by atoms with van der Waals surface area (Å²) in [6, 6.07) is 7.10. The van der Waals surface area contributed by atoms with Crippen molar-refractivity contribution in [3.05, 3.63) is 29.8 Å². The quantitative estimate of drug-likeness (QED) is 0.572. The van der Waals surface area contributed by atoms with E-state index in [0.717, 1.165) is 35.4 Å². The van der Waals surface area contributed by atoms with Crippen LogP contribution in [-0.2, 0) is 25.5 Å². The molecule has 4 rings (SSSR count). The first kappa shape index (κ1) is 22.3. The number of fused-ring (bicyclic) bond motifs is 1. The van der Waals surface area contributed by atoms with Gasteiger partial charge in [-0.05, 0) is 55.1 Å². The second-order valence-electron chi connectivity index (χ2n) is 10.2. The van der Waals surface area contributed by atoms with Crippen LogP contribution in [0.3, 0.4) is 0 Å². The van der Waals surface area contributed by atoms with Crippen LogP contribution in [0.4, 0.5) is 10.5 Å². The molecule has 2 heterocycles. The minimum atomic E-state index is -0.966. The van der Waals surface area contributed by atoms with Gasteiger partial charge in [-0.25, -0.2) is 4.79 Å². The van der Waals surface area contributed by atoms with Gasteiger partial charge in [0.05, 0.1) is 0 Å². The molecule has 1 aliphatic carbocycles. The summed E-state index contributed by atoms with van der Waals surface area (Å²) in [7, 11) is 0. The largest absolute Gasteiger partial charge is 0.454 e. The van der Waals surface area contributed by atoms with E-state index < -0.39 is 30.7 Å². The van der Waals surface area contributed by atoms with Crippen molar-refractivity contribution in [2.24, 2.45) is 11.3 Å². The number of imide groups is 1. The fourth-order valence-corrected chi connectivity index (χ4v) is 5.84. The number of rotatable bonds is 4. The lowest BCUT2D eigenvalue weighted by atomic mass is 9.64. The van der Waals surface area contributed by atoms with E-state index in [1.54, 1.807) is 4.90 Å². The van der Waals surface area contributed by atoms with Crippen molar-refractivity contribution in [1.82, 2.24) is 10.2 Å². The Morgan fingerprint density at radius 3 is 2.69 bits per heavy atom. The Hall–Kier alpha value is -2.90. The number of urea groups is 1. The third-order valence-electron chi connectivity index (χ3n) is 6.68. The van der Waals surface area contributed by atoms with Gasteiger partial charge in [-0.1, -0.05) is 39.0 Å². The summed E-state index contributed by atoms with van der Waals surface area (Å²) in [6.45, 7) is 5.90. The fraction of sp³-hybridized carbons (Fsp3) is 0.583. The molecule has 8 heteroatoms. The molecule has 0 bridgehead atoms. The third kappa shape index (κ3) is 4.23. The lowest BCUT2D eigenvalue weighted by molar-refractivity contribution is -0.151. The van der Waals surface area contributed by atoms with Crippen LogP contribution in [0.15, 0.2) is 24.3 Å². The number of carbonyl (C=O) groups is 4. The summed E-state index contributed by atoms with van der Waals surface area (Å²) in [5.41, 5.74) is 0.873. The number of nitrogens with one attached hydrogen (secondary N) is 1. The van der Waals surface area contributed by atoms with Gasteiger partial charge in [-0.15, -0.1) is 0 Å². The van der Waals surface area contributed by atoms with E-state index in [-0.39, 0.29) is 23.1 Å². The van der Waals surface area contributed by atoms with Gasteiger partial charge in [-0.2, -0.15) is 0 Å². The molecule has 1 aromatic carbocycles. The highest BCUT2D eigenvalue weighted by atomic mass is 16.5. The van der Waals surface area contributed by atoms with E-state index in [1.807, 2.05) is 24.3 Å². The maximum atomic E-state index is 13.1. The van der Waals surface area contributed by atoms with E-state index >= 15 is 0 Å². The van der Waals surface area contributed by atoms with E-state index in [4.69, 9.17) is 4.74 Å². The highest BCUT2D eigenvalue weighted by molar-refractivity contribution is 6.09. The average molecular weight is 442 g/mol. The molecule has 2 atom stereocenters. The lowest BCUT2D eigenvalue weighted by Crippen LogP contribution is -2.54. The van der Waals surface area contributed by atoms with E-state index in [2.05, 4.69) is 26.1 Å². The highest BCUT2D eigenvalue weighted by Crippen LogP contribution is 2.46. The fourth-order valence-electron chi connectivity index (χ4n) is 5.84. The maximum absolute atomic E-state index is 13.1. The van der Waals surface area contributed by atoms with Crippen LogP contribution in [0.2, 0.25) is 0 Å². The molecule has 1 saturated carbocycles. The highest BCUT2D eigenvalue weighted by Gasteiger charge is 2.56. The Kier molecular flexibility index (Phi) is 5.73. The number of carbonyl (C=O) groups excluding carboxylic acids is 4. The number of ether oxygens (including phenoxy) is 1. The molecule has 0 radical (unpaired) electrons. The van der Waals surface area contributed by atoms with Gasteiger partial charge >= 0.3 is 12.0 Å². The Morgan fingerprint density at radius 2 is 1.94 bits per heavy atom. The van der Waals surface area contributed by atoms with E-state index in [9.17, 15) is 19.2 Å². The summed E-state index contributed by atoms with van der Waals surface area (Å²) >= 11 is 0. The molecular formula is C24H31N3O5. The Labute approximate surface area is 188 Å². The molecule has 2 fully saturated rings. The van der Waals surface area contributed by atoms with Crippen molar-refractivity contribution in [1.29, 1.82) is 0 Å². The van der Waals surface area contributed by atoms with Gasteiger partial charge in [0.2, 0.25) is 0 Å². The summed E-state index contributed by atoms with van der Waals surface area (Å²) in [5, 5.41) is 2.84. The zero-order chi connectivity index (χ0) is 23.1. The second kappa shape index (κ2) is 8.22. The summed E-state index contributed by atoms with van der Waals surface area (Å²) in [4.78, 5) is 53.3. The van der Waals surface area contributed by atoms with Crippen LogP contribution in [0.1, 0.15) is 52.0 Å². The van der Waals surface area contributed by atoms with Gasteiger partial charge in [0, 0.05) is 12.2 Å². The van der Waals surface area contributed by atoms with Crippen molar-refractivity contribution in [2.75, 3.05) is 24.6 Å². The third-order valence-corrected chi connectivity index (χ3v) is 6.68. The van der Waals surface area contributed by atoms with Crippen molar-refractivity contribution in [2.45, 2.75) is 58.4 Å². The number of amides is 4. The minimum absolute atomic E-state index is 0.0890. The molecule has 1 N–H and O–H groups in total. The van der Waals surface area contributed by atoms with Crippen molar-refractivity contribution >= 4 is 29.5 Å². The predicted molar refractivity (Wildman–Crippen MR) is 118 cm³/mol. The van der Waals surface area contributed by atoms with Crippen LogP contribution in [0, 0.1) is 11.3 Å². The molecule has 8 nitrogen and oxygen atoms in total. The first-order valence-electron chi connectivity index (χ1n) is 11.3. The SMILES string of the molecule is C[C@@H]1CC(C)(C)C[C@]2(C1)NC(=O)N(CC(=O)OCC(=O)N1CCCc3ccccc31)C2=O. The Morgan fingerprint density at radius 1 is 1.19 bits per heavy atom. The molecule has 1 saturated heterocycles. The summed E-state index contributed by atoms with van der Waals surface area (Å²) in [6.07, 6.45) is 3.81. The molecule has 1 aromatic rings. The first-order valence-corrected chi connectivity index (χ1v) is 11.3. The molecular weight excluding hydrogens is 410 g/mol. The number of esters is 1. The first-order chi connectivity index (χ1) is 15.1. The molecule has 4 amide bonds. The molecule has 0 aromatic heterocycles. The molecule has 172 valence electrons. The van der Waals surface area contributed by atoms with E-state index in [0.29, 0.717) is 19.4 Å².